The molecule has 0 saturated heterocycles. The van der Waals surface area contributed by atoms with Crippen molar-refractivity contribution >= 4 is 0 Å². The van der Waals surface area contributed by atoms with Crippen molar-refractivity contribution in [2.75, 3.05) is 20.1 Å². The normalized spacial score (nSPS) is 10.8. The molecule has 0 bridgehead atoms. The Hall–Kier alpha value is -0.0400. The van der Waals surface area contributed by atoms with Crippen LogP contribution in [0.25, 0.3) is 0 Å². The molecule has 10 heavy (non-hydrogen) atoms. The topological polar surface area (TPSA) is 3.24 Å². The largest absolute Gasteiger partial charge is 0.306 e. The van der Waals surface area contributed by atoms with Crippen LogP contribution >= 0.6 is 0 Å². The van der Waals surface area contributed by atoms with Gasteiger partial charge in [-0.3, -0.25) is 0 Å². The van der Waals surface area contributed by atoms with Crippen molar-refractivity contribution in [3.05, 3.63) is 13.8 Å². The van der Waals surface area contributed by atoms with E-state index < -0.39 is 0 Å². The van der Waals surface area contributed by atoms with Gasteiger partial charge in [0.25, 0.3) is 0 Å². The summed E-state index contributed by atoms with van der Waals surface area (Å²) in [6.07, 6.45) is 4.53. The summed E-state index contributed by atoms with van der Waals surface area (Å²) in [5.41, 5.74) is 0. The molecule has 0 unspecified atom stereocenters. The summed E-state index contributed by atoms with van der Waals surface area (Å²) in [6, 6.07) is 0. The van der Waals surface area contributed by atoms with Gasteiger partial charge in [-0.05, 0) is 33.0 Å². The maximum absolute atomic E-state index is 3.80. The van der Waals surface area contributed by atoms with Gasteiger partial charge in [-0.2, -0.15) is 0 Å². The van der Waals surface area contributed by atoms with E-state index in [0.717, 1.165) is 12.8 Å². The lowest BCUT2D eigenvalue weighted by Crippen LogP contribution is -2.20. The summed E-state index contributed by atoms with van der Waals surface area (Å²) >= 11 is 0. The molecule has 0 N–H and O–H groups in total. The average molecular weight is 141 g/mol. The van der Waals surface area contributed by atoms with Crippen molar-refractivity contribution < 1.29 is 0 Å². The van der Waals surface area contributed by atoms with Crippen molar-refractivity contribution in [1.29, 1.82) is 0 Å². The molecule has 0 atom stereocenters. The van der Waals surface area contributed by atoms with Crippen LogP contribution in [-0.2, 0) is 0 Å². The smallest absolute Gasteiger partial charge is 0.00218 e. The van der Waals surface area contributed by atoms with Crippen LogP contribution in [0, 0.1) is 13.8 Å². The summed E-state index contributed by atoms with van der Waals surface area (Å²) in [6.45, 7) is 9.97. The average Bonchev–Trinajstić information content (AvgIpc) is 1.97. The zero-order valence-corrected chi connectivity index (χ0v) is 7.10. The van der Waals surface area contributed by atoms with E-state index in [2.05, 4.69) is 25.8 Å². The first-order chi connectivity index (χ1) is 4.81. The van der Waals surface area contributed by atoms with E-state index in [1.54, 1.807) is 0 Å². The van der Waals surface area contributed by atoms with Crippen LogP contribution in [-0.4, -0.2) is 25.0 Å². The Balaban J connectivity index is 3.00. The van der Waals surface area contributed by atoms with E-state index in [1.807, 2.05) is 0 Å². The van der Waals surface area contributed by atoms with E-state index in [1.165, 1.54) is 25.9 Å². The second-order valence-corrected chi connectivity index (χ2v) is 2.72. The Morgan fingerprint density at radius 3 is 1.70 bits per heavy atom. The number of hydrogen-bond acceptors (Lipinski definition) is 1. The lowest BCUT2D eigenvalue weighted by Gasteiger charge is -2.14. The van der Waals surface area contributed by atoms with Crippen LogP contribution < -0.4 is 0 Å². The predicted octanol–water partition coefficient (Wildman–Crippen LogP) is 2.15. The predicted molar refractivity (Wildman–Crippen MR) is 46.7 cm³/mol. The molecule has 0 aromatic carbocycles. The molecule has 0 rings (SSSR count). The number of unbranched alkanes of at least 4 members (excludes halogenated alkanes) is 2. The molecule has 0 amide bonds. The highest BCUT2D eigenvalue weighted by molar-refractivity contribution is 4.53. The standard InChI is InChI=1S/C9H19N/c1-4-6-8-10(3)9-7-5-2/h1-2,4-9H2,3H3. The van der Waals surface area contributed by atoms with E-state index >= 15 is 0 Å². The van der Waals surface area contributed by atoms with Gasteiger partial charge in [0.15, 0.2) is 0 Å². The van der Waals surface area contributed by atoms with Crippen LogP contribution in [0.1, 0.15) is 25.7 Å². The van der Waals surface area contributed by atoms with Gasteiger partial charge >= 0.3 is 0 Å². The lowest BCUT2D eigenvalue weighted by atomic mass is 10.3. The van der Waals surface area contributed by atoms with Crippen molar-refractivity contribution in [3.8, 4) is 0 Å². The van der Waals surface area contributed by atoms with Gasteiger partial charge in [-0.1, -0.05) is 26.7 Å². The first-order valence-electron chi connectivity index (χ1n) is 4.08. The van der Waals surface area contributed by atoms with Crippen LogP contribution in [0.2, 0.25) is 0 Å². The number of nitrogens with zero attached hydrogens (tertiary/aromatic N) is 1. The van der Waals surface area contributed by atoms with Crippen molar-refractivity contribution in [3.63, 3.8) is 0 Å². The zero-order valence-electron chi connectivity index (χ0n) is 7.10. The summed E-state index contributed by atoms with van der Waals surface area (Å²) in [5.74, 6) is 0. The van der Waals surface area contributed by atoms with Crippen LogP contribution in [0.4, 0.5) is 0 Å². The van der Waals surface area contributed by atoms with Crippen molar-refractivity contribution in [2.45, 2.75) is 25.7 Å². The Morgan fingerprint density at radius 1 is 1.00 bits per heavy atom. The molecule has 60 valence electrons. The molecule has 0 aliphatic rings. The minimum atomic E-state index is 1.05. The Labute approximate surface area is 65.4 Å². The fourth-order valence-electron chi connectivity index (χ4n) is 0.875. The summed E-state index contributed by atoms with van der Waals surface area (Å²) in [7, 11) is 2.16. The highest BCUT2D eigenvalue weighted by Crippen LogP contribution is 1.94. The van der Waals surface area contributed by atoms with E-state index in [0.29, 0.717) is 0 Å². The second-order valence-electron chi connectivity index (χ2n) is 2.72. The molecule has 1 heteroatoms. The molecular formula is C9H19N. The molecule has 0 spiro atoms. The summed E-state index contributed by atoms with van der Waals surface area (Å²) in [5, 5.41) is 0. The Morgan fingerprint density at radius 2 is 1.40 bits per heavy atom. The monoisotopic (exact) mass is 141 g/mol. The Kier molecular flexibility index (Phi) is 7.04. The van der Waals surface area contributed by atoms with E-state index in [9.17, 15) is 0 Å². The third kappa shape index (κ3) is 6.09. The molecule has 0 fully saturated rings. The quantitative estimate of drug-likeness (QED) is 0.548. The molecule has 0 aromatic heterocycles. The van der Waals surface area contributed by atoms with Crippen LogP contribution in [0.3, 0.4) is 0 Å². The minimum absolute atomic E-state index is 1.05. The van der Waals surface area contributed by atoms with Crippen molar-refractivity contribution in [2.24, 2.45) is 0 Å². The number of hydrogen-bond donors (Lipinski definition) is 0. The summed E-state index contributed by atoms with van der Waals surface area (Å²) in [4.78, 5) is 2.34. The van der Waals surface area contributed by atoms with E-state index in [-0.39, 0.29) is 0 Å². The van der Waals surface area contributed by atoms with Gasteiger partial charge < -0.3 is 4.90 Å². The van der Waals surface area contributed by atoms with Crippen LogP contribution in [0.15, 0.2) is 0 Å². The molecule has 0 heterocycles. The molecule has 1 nitrogen and oxygen atoms in total. The second kappa shape index (κ2) is 7.07. The van der Waals surface area contributed by atoms with Crippen LogP contribution in [0.5, 0.6) is 0 Å². The fourth-order valence-corrected chi connectivity index (χ4v) is 0.875. The molecule has 2 radical (unpaired) electrons. The maximum atomic E-state index is 3.80. The Bertz CT molecular complexity index is 53.7. The lowest BCUT2D eigenvalue weighted by molar-refractivity contribution is 0.326. The summed E-state index contributed by atoms with van der Waals surface area (Å²) < 4.78 is 0. The SMILES string of the molecule is [CH2]CCCN(C)CCC[CH2]. The van der Waals surface area contributed by atoms with Gasteiger partial charge in [0.05, 0.1) is 0 Å². The third-order valence-corrected chi connectivity index (χ3v) is 1.58. The first-order valence-corrected chi connectivity index (χ1v) is 4.08. The van der Waals surface area contributed by atoms with Crippen molar-refractivity contribution in [1.82, 2.24) is 4.90 Å². The zero-order chi connectivity index (χ0) is 7.82. The van der Waals surface area contributed by atoms with Gasteiger partial charge in [-0.15, -0.1) is 0 Å². The molecule has 0 saturated carbocycles. The van der Waals surface area contributed by atoms with Gasteiger partial charge in [-0.25, -0.2) is 0 Å². The molecule has 0 aliphatic carbocycles. The first kappa shape index (κ1) is 9.96. The molecule has 0 aliphatic heterocycles. The highest BCUT2D eigenvalue weighted by atomic mass is 15.1. The molecule has 0 aromatic rings. The minimum Gasteiger partial charge on any atom is -0.306 e. The molecular weight excluding hydrogens is 122 g/mol. The maximum Gasteiger partial charge on any atom is -0.00218 e. The van der Waals surface area contributed by atoms with E-state index in [4.69, 9.17) is 0 Å². The van der Waals surface area contributed by atoms with Gasteiger partial charge in [0.2, 0.25) is 0 Å². The van der Waals surface area contributed by atoms with Gasteiger partial charge in [0, 0.05) is 0 Å². The number of rotatable bonds is 6. The van der Waals surface area contributed by atoms with Gasteiger partial charge in [0.1, 0.15) is 0 Å². The fraction of sp³-hybridized carbons (Fsp3) is 0.778. The third-order valence-electron chi connectivity index (χ3n) is 1.58. The highest BCUT2D eigenvalue weighted by Gasteiger charge is 1.94.